The molecular formula is C23H16O5. The van der Waals surface area contributed by atoms with Gasteiger partial charge in [0.1, 0.15) is 23.3 Å². The third-order valence-electron chi connectivity index (χ3n) is 4.37. The van der Waals surface area contributed by atoms with Crippen molar-refractivity contribution in [3.8, 4) is 22.6 Å². The molecule has 0 aliphatic carbocycles. The highest BCUT2D eigenvalue weighted by Crippen LogP contribution is 2.24. The molecule has 0 saturated carbocycles. The Morgan fingerprint density at radius 2 is 1.61 bits per heavy atom. The zero-order valence-corrected chi connectivity index (χ0v) is 15.0. The fourth-order valence-corrected chi connectivity index (χ4v) is 2.88. The quantitative estimate of drug-likeness (QED) is 0.384. The molecule has 0 bridgehead atoms. The average molecular weight is 372 g/mol. The van der Waals surface area contributed by atoms with Crippen LogP contribution in [0.15, 0.2) is 88.3 Å². The monoisotopic (exact) mass is 372 g/mol. The lowest BCUT2D eigenvalue weighted by molar-refractivity contribution is 0.0735. The van der Waals surface area contributed by atoms with Crippen molar-refractivity contribution in [3.63, 3.8) is 0 Å². The minimum atomic E-state index is -0.509. The van der Waals surface area contributed by atoms with Gasteiger partial charge >= 0.3 is 5.97 Å². The first-order chi connectivity index (χ1) is 13.7. The van der Waals surface area contributed by atoms with Crippen LogP contribution in [-0.2, 0) is 0 Å². The van der Waals surface area contributed by atoms with E-state index < -0.39 is 5.97 Å². The van der Waals surface area contributed by atoms with Gasteiger partial charge in [-0.3, -0.25) is 4.79 Å². The molecule has 0 fully saturated rings. The third-order valence-corrected chi connectivity index (χ3v) is 4.37. The Kier molecular flexibility index (Phi) is 4.64. The van der Waals surface area contributed by atoms with Gasteiger partial charge in [-0.05, 0) is 42.0 Å². The SMILES string of the molecule is COc1ccc(C(=O)Oc2ccc3c(=O)c(-c4ccccc4)coc3c2)cc1. The summed E-state index contributed by atoms with van der Waals surface area (Å²) in [5.74, 6) is 0.437. The van der Waals surface area contributed by atoms with E-state index in [1.807, 2.05) is 30.3 Å². The number of carbonyl (C=O) groups is 1. The van der Waals surface area contributed by atoms with Crippen LogP contribution >= 0.6 is 0 Å². The van der Waals surface area contributed by atoms with Crippen molar-refractivity contribution in [1.29, 1.82) is 0 Å². The van der Waals surface area contributed by atoms with Crippen LogP contribution in [0, 0.1) is 0 Å². The van der Waals surface area contributed by atoms with Crippen molar-refractivity contribution in [1.82, 2.24) is 0 Å². The molecule has 138 valence electrons. The fourth-order valence-electron chi connectivity index (χ4n) is 2.88. The number of hydrogen-bond acceptors (Lipinski definition) is 5. The van der Waals surface area contributed by atoms with E-state index in [2.05, 4.69) is 0 Å². The number of methoxy groups -OCH3 is 1. The van der Waals surface area contributed by atoms with Gasteiger partial charge in [-0.2, -0.15) is 0 Å². The number of ether oxygens (including phenoxy) is 2. The molecule has 28 heavy (non-hydrogen) atoms. The number of benzene rings is 3. The molecular weight excluding hydrogens is 356 g/mol. The smallest absolute Gasteiger partial charge is 0.343 e. The summed E-state index contributed by atoms with van der Waals surface area (Å²) in [6.45, 7) is 0. The van der Waals surface area contributed by atoms with Crippen LogP contribution < -0.4 is 14.9 Å². The summed E-state index contributed by atoms with van der Waals surface area (Å²) in [6.07, 6.45) is 1.43. The van der Waals surface area contributed by atoms with E-state index in [0.29, 0.717) is 33.6 Å². The Hall–Kier alpha value is -3.86. The zero-order chi connectivity index (χ0) is 19.5. The Morgan fingerprint density at radius 1 is 0.893 bits per heavy atom. The second-order valence-electron chi connectivity index (χ2n) is 6.12. The molecule has 0 aliphatic rings. The summed E-state index contributed by atoms with van der Waals surface area (Å²) in [7, 11) is 1.55. The van der Waals surface area contributed by atoms with Gasteiger partial charge in [0.05, 0.1) is 23.6 Å². The summed E-state index contributed by atoms with van der Waals surface area (Å²) in [6, 6.07) is 20.6. The number of carbonyl (C=O) groups excluding carboxylic acids is 1. The average Bonchev–Trinajstić information content (AvgIpc) is 2.74. The molecule has 0 saturated heterocycles. The van der Waals surface area contributed by atoms with E-state index in [1.54, 1.807) is 43.5 Å². The molecule has 3 aromatic carbocycles. The van der Waals surface area contributed by atoms with Gasteiger partial charge in [-0.1, -0.05) is 30.3 Å². The summed E-state index contributed by atoms with van der Waals surface area (Å²) in [4.78, 5) is 25.1. The topological polar surface area (TPSA) is 65.7 Å². The Morgan fingerprint density at radius 3 is 2.32 bits per heavy atom. The summed E-state index contributed by atoms with van der Waals surface area (Å²) < 4.78 is 16.1. The van der Waals surface area contributed by atoms with E-state index in [0.717, 1.165) is 5.56 Å². The van der Waals surface area contributed by atoms with Crippen LogP contribution in [0.3, 0.4) is 0 Å². The van der Waals surface area contributed by atoms with Crippen LogP contribution in [0.5, 0.6) is 11.5 Å². The number of fused-ring (bicyclic) bond motifs is 1. The Labute approximate surface area is 160 Å². The van der Waals surface area contributed by atoms with Crippen molar-refractivity contribution in [3.05, 3.63) is 94.8 Å². The highest BCUT2D eigenvalue weighted by molar-refractivity contribution is 5.92. The summed E-state index contributed by atoms with van der Waals surface area (Å²) in [5, 5.41) is 0.422. The van der Waals surface area contributed by atoms with Gasteiger partial charge in [-0.25, -0.2) is 4.79 Å². The van der Waals surface area contributed by atoms with E-state index in [1.165, 1.54) is 12.3 Å². The maximum atomic E-state index is 12.8. The number of hydrogen-bond donors (Lipinski definition) is 0. The first-order valence-corrected chi connectivity index (χ1v) is 8.63. The highest BCUT2D eigenvalue weighted by Gasteiger charge is 2.13. The molecule has 4 rings (SSSR count). The van der Waals surface area contributed by atoms with E-state index in [4.69, 9.17) is 13.9 Å². The van der Waals surface area contributed by atoms with Gasteiger partial charge < -0.3 is 13.9 Å². The zero-order valence-electron chi connectivity index (χ0n) is 15.0. The van der Waals surface area contributed by atoms with Crippen molar-refractivity contribution in [2.75, 3.05) is 7.11 Å². The molecule has 1 aromatic heterocycles. The largest absolute Gasteiger partial charge is 0.497 e. The van der Waals surface area contributed by atoms with Crippen molar-refractivity contribution >= 4 is 16.9 Å². The number of esters is 1. The minimum absolute atomic E-state index is 0.138. The second kappa shape index (κ2) is 7.40. The highest BCUT2D eigenvalue weighted by atomic mass is 16.5. The summed E-state index contributed by atoms with van der Waals surface area (Å²) >= 11 is 0. The predicted octanol–water partition coefficient (Wildman–Crippen LogP) is 4.69. The molecule has 0 unspecified atom stereocenters. The van der Waals surface area contributed by atoms with Gasteiger partial charge in [0, 0.05) is 6.07 Å². The molecule has 0 spiro atoms. The predicted molar refractivity (Wildman–Crippen MR) is 106 cm³/mol. The van der Waals surface area contributed by atoms with Crippen molar-refractivity contribution in [2.45, 2.75) is 0 Å². The van der Waals surface area contributed by atoms with Crippen molar-refractivity contribution in [2.24, 2.45) is 0 Å². The third kappa shape index (κ3) is 3.38. The van der Waals surface area contributed by atoms with Gasteiger partial charge in [0.2, 0.25) is 0 Å². The lowest BCUT2D eigenvalue weighted by atomic mass is 10.1. The van der Waals surface area contributed by atoms with E-state index in [-0.39, 0.29) is 5.43 Å². The van der Waals surface area contributed by atoms with Crippen molar-refractivity contribution < 1.29 is 18.7 Å². The van der Waals surface area contributed by atoms with Gasteiger partial charge in [0.15, 0.2) is 5.43 Å². The standard InChI is InChI=1S/C23H16O5/c1-26-17-9-7-16(8-10-17)23(25)28-18-11-12-19-21(13-18)27-14-20(22(19)24)15-5-3-2-4-6-15/h2-14H,1H3. The molecule has 0 amide bonds. The van der Waals surface area contributed by atoms with Gasteiger partial charge in [0.25, 0.3) is 0 Å². The van der Waals surface area contributed by atoms with Crippen LogP contribution in [-0.4, -0.2) is 13.1 Å². The van der Waals surface area contributed by atoms with Crippen LogP contribution in [0.1, 0.15) is 10.4 Å². The van der Waals surface area contributed by atoms with Crippen LogP contribution in [0.4, 0.5) is 0 Å². The first kappa shape index (κ1) is 17.5. The molecule has 5 heteroatoms. The normalized spacial score (nSPS) is 10.6. The Balaban J connectivity index is 1.63. The van der Waals surface area contributed by atoms with E-state index >= 15 is 0 Å². The van der Waals surface area contributed by atoms with E-state index in [9.17, 15) is 9.59 Å². The fraction of sp³-hybridized carbons (Fsp3) is 0.0435. The second-order valence-corrected chi connectivity index (χ2v) is 6.12. The molecule has 4 aromatic rings. The molecule has 1 heterocycles. The molecule has 0 N–H and O–H groups in total. The van der Waals surface area contributed by atoms with Crippen LogP contribution in [0.2, 0.25) is 0 Å². The minimum Gasteiger partial charge on any atom is -0.497 e. The lowest BCUT2D eigenvalue weighted by Gasteiger charge is -2.07. The molecule has 0 radical (unpaired) electrons. The Bertz CT molecular complexity index is 1190. The number of rotatable bonds is 4. The molecule has 0 atom stereocenters. The summed E-state index contributed by atoms with van der Waals surface area (Å²) in [5.41, 5.74) is 1.87. The maximum Gasteiger partial charge on any atom is 0.343 e. The lowest BCUT2D eigenvalue weighted by Crippen LogP contribution is -2.09. The van der Waals surface area contributed by atoms with Gasteiger partial charge in [-0.15, -0.1) is 0 Å². The maximum absolute atomic E-state index is 12.8. The first-order valence-electron chi connectivity index (χ1n) is 8.63. The van der Waals surface area contributed by atoms with Crippen LogP contribution in [0.25, 0.3) is 22.1 Å². The molecule has 0 aliphatic heterocycles. The molecule has 5 nitrogen and oxygen atoms in total.